The Morgan fingerprint density at radius 2 is 0.528 bits per heavy atom. The van der Waals surface area contributed by atoms with Crippen molar-refractivity contribution in [1.29, 1.82) is 0 Å². The van der Waals surface area contributed by atoms with Crippen LogP contribution in [0.4, 0.5) is 0 Å². The Hall–Kier alpha value is -1.59. The van der Waals surface area contributed by atoms with E-state index in [1.165, 1.54) is 263 Å². The minimum atomic E-state index is -0.764. The van der Waals surface area contributed by atoms with Gasteiger partial charge >= 0.3 is 17.9 Å². The van der Waals surface area contributed by atoms with Gasteiger partial charge in [-0.25, -0.2) is 0 Å². The lowest BCUT2D eigenvalue weighted by Crippen LogP contribution is -2.30. The third kappa shape index (κ3) is 57.7. The Balaban J connectivity index is 4.29. The van der Waals surface area contributed by atoms with Crippen molar-refractivity contribution in [3.8, 4) is 0 Å². The lowest BCUT2D eigenvalue weighted by molar-refractivity contribution is -0.167. The number of hydrogen-bond acceptors (Lipinski definition) is 6. The van der Waals surface area contributed by atoms with Gasteiger partial charge in [0.1, 0.15) is 13.2 Å². The van der Waals surface area contributed by atoms with Crippen LogP contribution in [-0.2, 0) is 28.6 Å². The molecule has 0 bridgehead atoms. The highest BCUT2D eigenvalue weighted by molar-refractivity contribution is 5.71. The second-order valence-corrected chi connectivity index (χ2v) is 23.5. The normalized spacial score (nSPS) is 12.4. The van der Waals surface area contributed by atoms with Crippen molar-refractivity contribution >= 4 is 17.9 Å². The number of esters is 3. The summed E-state index contributed by atoms with van der Waals surface area (Å²) in [4.78, 5) is 38.4. The number of rotatable bonds is 60. The van der Waals surface area contributed by atoms with Crippen LogP contribution in [0, 0.1) is 11.8 Å². The van der Waals surface area contributed by atoms with Crippen LogP contribution in [0.1, 0.15) is 375 Å². The molecule has 0 heterocycles. The van der Waals surface area contributed by atoms with Crippen LogP contribution in [-0.4, -0.2) is 37.2 Å². The Morgan fingerprint density at radius 1 is 0.292 bits per heavy atom. The third-order valence-electron chi connectivity index (χ3n) is 15.6. The predicted molar refractivity (Wildman–Crippen MR) is 312 cm³/mol. The standard InChI is InChI=1S/C66H128O6/c1-6-8-9-10-11-12-13-14-15-16-17-18-19-26-31-36-41-46-51-56-64(67)70-59-63(60-71-65(68)57-52-47-42-37-32-27-22-20-24-29-34-39-44-49-54-61(3)4)72-66(69)58-53-48-43-38-33-28-23-21-25-30-35-40-45-50-55-62(5)7-2/h61-63H,6-60H2,1-5H3/t62?,63-/m0/s1. The SMILES string of the molecule is CCCCCCCCCCCCCCCCCCCCCC(=O)OC[C@@H](COC(=O)CCCCCCCCCCCCCCCCC(C)C)OC(=O)CCCCCCCCCCCCCCCCC(C)CC. The first-order valence-electron chi connectivity index (χ1n) is 32.8. The summed E-state index contributed by atoms with van der Waals surface area (Å²) in [5.74, 6) is 0.909. The van der Waals surface area contributed by atoms with Crippen LogP contribution >= 0.6 is 0 Å². The van der Waals surface area contributed by atoms with E-state index in [1.807, 2.05) is 0 Å². The van der Waals surface area contributed by atoms with Crippen LogP contribution in [0.15, 0.2) is 0 Å². The molecule has 0 fully saturated rings. The van der Waals surface area contributed by atoms with E-state index in [9.17, 15) is 14.4 Å². The number of carbonyl (C=O) groups is 3. The van der Waals surface area contributed by atoms with Gasteiger partial charge in [0, 0.05) is 19.3 Å². The molecule has 0 aromatic rings. The molecular weight excluding hydrogens is 889 g/mol. The molecule has 72 heavy (non-hydrogen) atoms. The summed E-state index contributed by atoms with van der Waals surface area (Å²) in [5, 5.41) is 0. The summed E-state index contributed by atoms with van der Waals surface area (Å²) in [6.45, 7) is 11.5. The van der Waals surface area contributed by atoms with Crippen LogP contribution < -0.4 is 0 Å². The first-order valence-corrected chi connectivity index (χ1v) is 32.8. The Labute approximate surface area is 450 Å². The highest BCUT2D eigenvalue weighted by Gasteiger charge is 2.19. The van der Waals surface area contributed by atoms with Gasteiger partial charge in [-0.3, -0.25) is 14.4 Å². The molecule has 0 aliphatic rings. The van der Waals surface area contributed by atoms with E-state index in [4.69, 9.17) is 14.2 Å². The molecule has 0 spiro atoms. The van der Waals surface area contributed by atoms with Crippen molar-refractivity contribution in [1.82, 2.24) is 0 Å². The highest BCUT2D eigenvalue weighted by Crippen LogP contribution is 2.19. The molecule has 0 amide bonds. The van der Waals surface area contributed by atoms with Crippen LogP contribution in [0.25, 0.3) is 0 Å². The predicted octanol–water partition coefficient (Wildman–Crippen LogP) is 22.0. The quantitative estimate of drug-likeness (QED) is 0.0343. The average molecular weight is 1020 g/mol. The maximum absolute atomic E-state index is 12.9. The number of ether oxygens (including phenoxy) is 3. The number of carbonyl (C=O) groups excluding carboxylic acids is 3. The van der Waals surface area contributed by atoms with Gasteiger partial charge in [0.15, 0.2) is 6.10 Å². The zero-order valence-electron chi connectivity index (χ0n) is 49.6. The molecule has 428 valence electrons. The number of hydrogen-bond donors (Lipinski definition) is 0. The Bertz CT molecular complexity index is 1110. The first kappa shape index (κ1) is 70.4. The van der Waals surface area contributed by atoms with Crippen molar-refractivity contribution in [2.75, 3.05) is 13.2 Å². The largest absolute Gasteiger partial charge is 0.462 e. The van der Waals surface area contributed by atoms with Gasteiger partial charge in [-0.05, 0) is 31.1 Å². The fraction of sp³-hybridized carbons (Fsp3) is 0.955. The fourth-order valence-corrected chi connectivity index (χ4v) is 10.3. The second kappa shape index (κ2) is 58.7. The summed E-state index contributed by atoms with van der Waals surface area (Å²) in [6.07, 6.45) is 65.3. The van der Waals surface area contributed by atoms with Crippen molar-refractivity contribution in [2.45, 2.75) is 381 Å². The monoisotopic (exact) mass is 1020 g/mol. The van der Waals surface area contributed by atoms with Crippen LogP contribution in [0.5, 0.6) is 0 Å². The summed E-state index contributed by atoms with van der Waals surface area (Å²) in [5.41, 5.74) is 0. The molecule has 0 radical (unpaired) electrons. The summed E-state index contributed by atoms with van der Waals surface area (Å²) in [6, 6.07) is 0. The molecule has 1 unspecified atom stereocenters. The molecular formula is C66H128O6. The van der Waals surface area contributed by atoms with Crippen molar-refractivity contribution in [3.63, 3.8) is 0 Å². The van der Waals surface area contributed by atoms with E-state index in [2.05, 4.69) is 34.6 Å². The van der Waals surface area contributed by atoms with E-state index >= 15 is 0 Å². The molecule has 6 nitrogen and oxygen atoms in total. The maximum atomic E-state index is 12.9. The minimum absolute atomic E-state index is 0.0617. The fourth-order valence-electron chi connectivity index (χ4n) is 10.3. The number of unbranched alkanes of at least 4 members (excludes halogenated alkanes) is 44. The summed E-state index contributed by atoms with van der Waals surface area (Å²) < 4.78 is 17.0. The van der Waals surface area contributed by atoms with Crippen molar-refractivity contribution in [3.05, 3.63) is 0 Å². The molecule has 0 aromatic heterocycles. The van der Waals surface area contributed by atoms with Crippen molar-refractivity contribution < 1.29 is 28.6 Å². The lowest BCUT2D eigenvalue weighted by atomic mass is 9.99. The summed E-state index contributed by atoms with van der Waals surface area (Å²) in [7, 11) is 0. The van der Waals surface area contributed by atoms with Crippen molar-refractivity contribution in [2.24, 2.45) is 11.8 Å². The van der Waals surface area contributed by atoms with Gasteiger partial charge < -0.3 is 14.2 Å². The summed E-state index contributed by atoms with van der Waals surface area (Å²) >= 11 is 0. The van der Waals surface area contributed by atoms with Gasteiger partial charge in [0.25, 0.3) is 0 Å². The van der Waals surface area contributed by atoms with Gasteiger partial charge in [0.05, 0.1) is 0 Å². The molecule has 0 saturated carbocycles. The second-order valence-electron chi connectivity index (χ2n) is 23.5. The van der Waals surface area contributed by atoms with Crippen LogP contribution in [0.3, 0.4) is 0 Å². The van der Waals surface area contributed by atoms with Gasteiger partial charge in [-0.2, -0.15) is 0 Å². The van der Waals surface area contributed by atoms with Gasteiger partial charge in [0.2, 0.25) is 0 Å². The topological polar surface area (TPSA) is 78.9 Å². The molecule has 6 heteroatoms. The first-order chi connectivity index (χ1) is 35.3. The molecule has 0 saturated heterocycles. The molecule has 0 aromatic carbocycles. The van der Waals surface area contributed by atoms with E-state index in [1.54, 1.807) is 0 Å². The lowest BCUT2D eigenvalue weighted by Gasteiger charge is -2.18. The Morgan fingerprint density at radius 3 is 0.792 bits per heavy atom. The molecule has 0 N–H and O–H groups in total. The zero-order valence-corrected chi connectivity index (χ0v) is 49.6. The van der Waals surface area contributed by atoms with E-state index < -0.39 is 6.10 Å². The highest BCUT2D eigenvalue weighted by atomic mass is 16.6. The Kier molecular flexibility index (Phi) is 57.4. The van der Waals surface area contributed by atoms with E-state index in [-0.39, 0.29) is 31.1 Å². The van der Waals surface area contributed by atoms with Crippen LogP contribution in [0.2, 0.25) is 0 Å². The molecule has 0 aliphatic carbocycles. The third-order valence-corrected chi connectivity index (χ3v) is 15.6. The minimum Gasteiger partial charge on any atom is -0.462 e. The van der Waals surface area contributed by atoms with Gasteiger partial charge in [-0.15, -0.1) is 0 Å². The van der Waals surface area contributed by atoms with E-state index in [0.29, 0.717) is 19.3 Å². The maximum Gasteiger partial charge on any atom is 0.306 e. The smallest absolute Gasteiger partial charge is 0.306 e. The molecule has 2 atom stereocenters. The molecule has 0 aliphatic heterocycles. The zero-order chi connectivity index (χ0) is 52.5. The van der Waals surface area contributed by atoms with Gasteiger partial charge in [-0.1, -0.05) is 336 Å². The van der Waals surface area contributed by atoms with E-state index in [0.717, 1.165) is 69.6 Å². The average Bonchev–Trinajstić information content (AvgIpc) is 3.37. The molecule has 0 rings (SSSR count).